The van der Waals surface area contributed by atoms with Crippen molar-refractivity contribution in [2.24, 2.45) is 0 Å². The lowest BCUT2D eigenvalue weighted by Crippen LogP contribution is -2.61. The molecule has 0 bridgehead atoms. The Morgan fingerprint density at radius 3 is 1.30 bits per heavy atom. The maximum atomic E-state index is 2.85. The molecule has 11 rings (SSSR count). The molecule has 7 aromatic carbocycles. The van der Waals surface area contributed by atoms with E-state index in [0.717, 1.165) is 12.8 Å². The lowest BCUT2D eigenvalue weighted by Gasteiger charge is -2.53. The van der Waals surface area contributed by atoms with Gasteiger partial charge < -0.3 is 14.7 Å². The third kappa shape index (κ3) is 7.73. The average molecular weight is 962 g/mol. The molecule has 0 N–H and O–H groups in total. The molecular formula is C69H80BN3. The van der Waals surface area contributed by atoms with Crippen molar-refractivity contribution in [3.8, 4) is 0 Å². The van der Waals surface area contributed by atoms with Gasteiger partial charge in [-0.05, 0) is 157 Å². The first-order chi connectivity index (χ1) is 34.2. The molecular weight excluding hydrogens is 882 g/mol. The molecule has 1 saturated carbocycles. The van der Waals surface area contributed by atoms with Crippen LogP contribution in [-0.4, -0.2) is 12.3 Å². The van der Waals surface area contributed by atoms with Gasteiger partial charge in [0.25, 0.3) is 6.71 Å². The van der Waals surface area contributed by atoms with Gasteiger partial charge in [0.1, 0.15) is 0 Å². The van der Waals surface area contributed by atoms with Crippen LogP contribution in [0.15, 0.2) is 146 Å². The first kappa shape index (κ1) is 49.2. The van der Waals surface area contributed by atoms with Crippen LogP contribution in [0, 0.1) is 0 Å². The summed E-state index contributed by atoms with van der Waals surface area (Å²) in [5, 5.41) is 0. The van der Waals surface area contributed by atoms with Crippen LogP contribution < -0.4 is 31.1 Å². The van der Waals surface area contributed by atoms with Crippen molar-refractivity contribution in [1.82, 2.24) is 0 Å². The van der Waals surface area contributed by atoms with Gasteiger partial charge >= 0.3 is 0 Å². The predicted octanol–water partition coefficient (Wildman–Crippen LogP) is 17.0. The molecule has 3 nitrogen and oxygen atoms in total. The summed E-state index contributed by atoms with van der Waals surface area (Å²) < 4.78 is 0. The van der Waals surface area contributed by atoms with Crippen LogP contribution in [0.5, 0.6) is 0 Å². The fourth-order valence-electron chi connectivity index (χ4n) is 13.4. The average Bonchev–Trinajstić information content (AvgIpc) is 3.57. The molecule has 4 heteroatoms. The van der Waals surface area contributed by atoms with Crippen molar-refractivity contribution in [3.63, 3.8) is 0 Å². The second-order valence-corrected chi connectivity index (χ2v) is 27.7. The van der Waals surface area contributed by atoms with E-state index in [-0.39, 0.29) is 44.7 Å². The molecule has 7 aromatic rings. The third-order valence-corrected chi connectivity index (χ3v) is 17.7. The molecule has 2 unspecified atom stereocenters. The van der Waals surface area contributed by atoms with Gasteiger partial charge in [-0.3, -0.25) is 0 Å². The second-order valence-electron chi connectivity index (χ2n) is 27.7. The zero-order valence-corrected chi connectivity index (χ0v) is 47.1. The molecule has 0 saturated heterocycles. The molecule has 73 heavy (non-hydrogen) atoms. The van der Waals surface area contributed by atoms with E-state index in [4.69, 9.17) is 0 Å². The molecule has 374 valence electrons. The molecule has 3 aliphatic heterocycles. The summed E-state index contributed by atoms with van der Waals surface area (Å²) in [4.78, 5) is 8.19. The van der Waals surface area contributed by atoms with Crippen LogP contribution in [-0.2, 0) is 32.5 Å². The monoisotopic (exact) mass is 962 g/mol. The van der Waals surface area contributed by atoms with Crippen molar-refractivity contribution in [2.45, 2.75) is 174 Å². The number of fused-ring (bicyclic) bond motifs is 7. The van der Waals surface area contributed by atoms with Crippen LogP contribution in [0.3, 0.4) is 0 Å². The summed E-state index contributed by atoms with van der Waals surface area (Å²) in [5.74, 6) is 0. The Bertz CT molecular complexity index is 3160. The summed E-state index contributed by atoms with van der Waals surface area (Å²) in [6.07, 6.45) is 4.57. The van der Waals surface area contributed by atoms with Crippen LogP contribution >= 0.6 is 0 Å². The summed E-state index contributed by atoms with van der Waals surface area (Å²) in [6.45, 7) is 38.0. The molecule has 0 amide bonds. The minimum absolute atomic E-state index is 0.000809. The highest BCUT2D eigenvalue weighted by molar-refractivity contribution is 7.00. The molecule has 0 spiro atoms. The van der Waals surface area contributed by atoms with Crippen LogP contribution in [0.4, 0.5) is 45.5 Å². The van der Waals surface area contributed by atoms with Gasteiger partial charge in [-0.1, -0.05) is 208 Å². The van der Waals surface area contributed by atoms with E-state index in [9.17, 15) is 0 Å². The second kappa shape index (κ2) is 16.5. The number of benzene rings is 7. The number of nitrogens with zero attached hydrogens (tertiary/aromatic N) is 3. The Morgan fingerprint density at radius 1 is 0.384 bits per heavy atom. The smallest absolute Gasteiger partial charge is 0.252 e. The van der Waals surface area contributed by atoms with Crippen molar-refractivity contribution in [1.29, 1.82) is 0 Å². The maximum Gasteiger partial charge on any atom is 0.252 e. The minimum Gasteiger partial charge on any atom is -0.334 e. The van der Waals surface area contributed by atoms with Crippen LogP contribution in [0.1, 0.15) is 175 Å². The molecule has 1 fully saturated rings. The SMILES string of the molecule is CC(C)(C)c1cccc(N2c3cc(C(C)(C)C)ccc3B3c4ccc(C(C)(C)C)cc4N(c4cccc(C(C)(C)C)c4)c4cc(N5c6ccc(C(C)(C)C)cc6C6(c7ccccc7)CCCCC56C)cc2c43)c1. The van der Waals surface area contributed by atoms with Crippen LogP contribution in [0.25, 0.3) is 0 Å². The fourth-order valence-corrected chi connectivity index (χ4v) is 13.4. The zero-order valence-electron chi connectivity index (χ0n) is 47.1. The maximum absolute atomic E-state index is 2.85. The zero-order chi connectivity index (χ0) is 52.0. The molecule has 0 radical (unpaired) electrons. The van der Waals surface area contributed by atoms with E-state index in [2.05, 4.69) is 271 Å². The Kier molecular flexibility index (Phi) is 11.1. The van der Waals surface area contributed by atoms with E-state index in [1.807, 2.05) is 0 Å². The third-order valence-electron chi connectivity index (χ3n) is 17.7. The van der Waals surface area contributed by atoms with Gasteiger partial charge in [0, 0.05) is 50.9 Å². The highest BCUT2D eigenvalue weighted by Crippen LogP contribution is 2.65. The largest absolute Gasteiger partial charge is 0.334 e. The van der Waals surface area contributed by atoms with Gasteiger partial charge in [-0.15, -0.1) is 0 Å². The van der Waals surface area contributed by atoms with E-state index < -0.39 is 0 Å². The summed E-state index contributed by atoms with van der Waals surface area (Å²) >= 11 is 0. The Balaban J connectivity index is 1.30. The number of hydrogen-bond acceptors (Lipinski definition) is 3. The van der Waals surface area contributed by atoms with E-state index in [1.165, 1.54) is 114 Å². The Labute approximate surface area is 440 Å². The highest BCUT2D eigenvalue weighted by atomic mass is 15.3. The van der Waals surface area contributed by atoms with Crippen molar-refractivity contribution >= 4 is 68.6 Å². The quantitative estimate of drug-likeness (QED) is 0.163. The Hall–Kier alpha value is -6.00. The van der Waals surface area contributed by atoms with Gasteiger partial charge in [0.05, 0.1) is 5.54 Å². The highest BCUT2D eigenvalue weighted by Gasteiger charge is 2.61. The first-order valence-electron chi connectivity index (χ1n) is 27.5. The number of hydrogen-bond donors (Lipinski definition) is 0. The van der Waals surface area contributed by atoms with Crippen molar-refractivity contribution in [3.05, 3.63) is 185 Å². The number of rotatable bonds is 4. The summed E-state index contributed by atoms with van der Waals surface area (Å²) in [5.41, 5.74) is 23.1. The lowest BCUT2D eigenvalue weighted by molar-refractivity contribution is 0.215. The molecule has 2 atom stereocenters. The standard InChI is InChI=1S/C69H80BN3/c1-63(2,3)46-26-22-28-51(38-46)71-58-41-49(66(10,11)12)30-33-55(58)70-56-34-31-50(67(13,14)15)42-59(56)72(52-29-23-27-47(39-52)64(4,5)6)61-44-53(43-60(71)62(61)70)73-57-35-32-48(65(7,8)9)40-54(57)69(45-24-18-17-19-25-45)37-21-20-36-68(69,73)16/h17-19,22-35,38-44H,20-21,36-37H2,1-16H3. The minimum atomic E-state index is -0.266. The normalized spacial score (nSPS) is 19.6. The molecule has 0 aromatic heterocycles. The van der Waals surface area contributed by atoms with Gasteiger partial charge in [-0.25, -0.2) is 0 Å². The summed E-state index contributed by atoms with van der Waals surface area (Å²) in [7, 11) is 0. The van der Waals surface area contributed by atoms with E-state index >= 15 is 0 Å². The molecule has 4 aliphatic rings. The Morgan fingerprint density at radius 2 is 0.822 bits per heavy atom. The van der Waals surface area contributed by atoms with Crippen LogP contribution in [0.2, 0.25) is 0 Å². The van der Waals surface area contributed by atoms with Crippen molar-refractivity contribution in [2.75, 3.05) is 14.7 Å². The lowest BCUT2D eigenvalue weighted by atomic mass is 9.33. The van der Waals surface area contributed by atoms with E-state index in [0.29, 0.717) is 0 Å². The summed E-state index contributed by atoms with van der Waals surface area (Å²) in [6, 6.07) is 58.2. The molecule has 1 aliphatic carbocycles. The topological polar surface area (TPSA) is 9.72 Å². The number of anilines is 8. The molecule has 3 heterocycles. The van der Waals surface area contributed by atoms with Crippen molar-refractivity contribution < 1.29 is 0 Å². The van der Waals surface area contributed by atoms with Gasteiger partial charge in [-0.2, -0.15) is 0 Å². The first-order valence-corrected chi connectivity index (χ1v) is 27.5. The predicted molar refractivity (Wildman–Crippen MR) is 317 cm³/mol. The van der Waals surface area contributed by atoms with E-state index in [1.54, 1.807) is 0 Å². The fraction of sp³-hybridized carbons (Fsp3) is 0.391. The van der Waals surface area contributed by atoms with Gasteiger partial charge in [0.15, 0.2) is 0 Å². The van der Waals surface area contributed by atoms with Gasteiger partial charge in [0.2, 0.25) is 0 Å².